The maximum atomic E-state index is 12.7. The first-order valence-electron chi connectivity index (χ1n) is 8.76. The normalized spacial score (nSPS) is 16.6. The highest BCUT2D eigenvalue weighted by atomic mass is 35.5. The van der Waals surface area contributed by atoms with E-state index in [-0.39, 0.29) is 44.9 Å². The SMILES string of the molecule is CCCCS(=O)(=O)N1CCC(C(=O)Nc2cccc(Cl)c2SC(F)F)CC1. The molecule has 1 amide bonds. The standard InChI is InChI=1S/C17H23ClF2N2O3S2/c1-2-3-11-27(24,25)22-9-7-12(8-10-22)16(23)21-14-6-4-5-13(18)15(14)26-17(19)20/h4-6,12,17H,2-3,7-11H2,1H3,(H,21,23). The summed E-state index contributed by atoms with van der Waals surface area (Å²) in [6.07, 6.45) is 2.21. The summed E-state index contributed by atoms with van der Waals surface area (Å²) in [5.74, 6) is -3.21. The Morgan fingerprint density at radius 2 is 2.04 bits per heavy atom. The zero-order valence-electron chi connectivity index (χ0n) is 15.0. The van der Waals surface area contributed by atoms with Gasteiger partial charge in [0.25, 0.3) is 5.76 Å². The van der Waals surface area contributed by atoms with Gasteiger partial charge < -0.3 is 5.32 Å². The lowest BCUT2D eigenvalue weighted by molar-refractivity contribution is -0.120. The second-order valence-electron chi connectivity index (χ2n) is 6.33. The number of carbonyl (C=O) groups excluding carboxylic acids is 1. The first-order chi connectivity index (χ1) is 12.7. The monoisotopic (exact) mass is 440 g/mol. The number of hydrogen-bond donors (Lipinski definition) is 1. The number of unbranched alkanes of at least 4 members (excludes halogenated alkanes) is 1. The summed E-state index contributed by atoms with van der Waals surface area (Å²) in [4.78, 5) is 12.7. The minimum Gasteiger partial charge on any atom is -0.325 e. The number of sulfonamides is 1. The molecular weight excluding hydrogens is 418 g/mol. The Labute approximate surface area is 167 Å². The minimum absolute atomic E-state index is 0.122. The molecule has 1 aromatic rings. The molecule has 27 heavy (non-hydrogen) atoms. The molecule has 0 bridgehead atoms. The van der Waals surface area contributed by atoms with Gasteiger partial charge in [-0.05, 0) is 31.4 Å². The smallest absolute Gasteiger partial charge is 0.289 e. The maximum Gasteiger partial charge on any atom is 0.289 e. The highest BCUT2D eigenvalue weighted by Crippen LogP contribution is 2.38. The number of piperidine rings is 1. The Morgan fingerprint density at radius 1 is 1.37 bits per heavy atom. The summed E-state index contributed by atoms with van der Waals surface area (Å²) >= 11 is 6.26. The van der Waals surface area contributed by atoms with Crippen LogP contribution in [0, 0.1) is 5.92 Å². The maximum absolute atomic E-state index is 12.7. The van der Waals surface area contributed by atoms with Crippen LogP contribution in [0.5, 0.6) is 0 Å². The number of halogens is 3. The molecule has 0 aliphatic carbocycles. The third-order valence-electron chi connectivity index (χ3n) is 4.41. The molecule has 10 heteroatoms. The van der Waals surface area contributed by atoms with Crippen LogP contribution in [0.2, 0.25) is 5.02 Å². The highest BCUT2D eigenvalue weighted by Gasteiger charge is 2.31. The predicted molar refractivity (Wildman–Crippen MR) is 105 cm³/mol. The van der Waals surface area contributed by atoms with Crippen LogP contribution < -0.4 is 5.32 Å². The first-order valence-corrected chi connectivity index (χ1v) is 11.6. The fourth-order valence-electron chi connectivity index (χ4n) is 2.90. The van der Waals surface area contributed by atoms with Crippen LogP contribution in [0.1, 0.15) is 32.6 Å². The largest absolute Gasteiger partial charge is 0.325 e. The van der Waals surface area contributed by atoms with Crippen LogP contribution >= 0.6 is 23.4 Å². The van der Waals surface area contributed by atoms with Crippen molar-refractivity contribution < 1.29 is 22.0 Å². The Kier molecular flexibility index (Phi) is 8.33. The highest BCUT2D eigenvalue weighted by molar-refractivity contribution is 7.99. The van der Waals surface area contributed by atoms with Gasteiger partial charge in [-0.15, -0.1) is 0 Å². The molecule has 5 nitrogen and oxygen atoms in total. The van der Waals surface area contributed by atoms with Gasteiger partial charge in [0.1, 0.15) is 0 Å². The summed E-state index contributed by atoms with van der Waals surface area (Å²) in [6, 6.07) is 4.59. The van der Waals surface area contributed by atoms with Gasteiger partial charge in [0.15, 0.2) is 0 Å². The number of benzene rings is 1. The van der Waals surface area contributed by atoms with E-state index >= 15 is 0 Å². The fourth-order valence-corrected chi connectivity index (χ4v) is 5.49. The Morgan fingerprint density at radius 3 is 2.63 bits per heavy atom. The molecule has 152 valence electrons. The van der Waals surface area contributed by atoms with Crippen molar-refractivity contribution in [3.05, 3.63) is 23.2 Å². The molecule has 2 rings (SSSR count). The topological polar surface area (TPSA) is 66.5 Å². The molecule has 1 N–H and O–H groups in total. The second kappa shape index (κ2) is 10.0. The number of rotatable bonds is 8. The summed E-state index contributed by atoms with van der Waals surface area (Å²) in [5.41, 5.74) is 0.246. The van der Waals surface area contributed by atoms with Crippen molar-refractivity contribution in [1.29, 1.82) is 0 Å². The van der Waals surface area contributed by atoms with Gasteiger partial charge in [-0.25, -0.2) is 12.7 Å². The third kappa shape index (κ3) is 6.30. The molecule has 0 unspecified atom stereocenters. The number of carbonyl (C=O) groups is 1. The van der Waals surface area contributed by atoms with Crippen LogP contribution in [-0.2, 0) is 14.8 Å². The Bertz CT molecular complexity index is 755. The van der Waals surface area contributed by atoms with E-state index in [1.807, 2.05) is 6.92 Å². The number of amides is 1. The molecule has 1 aliphatic heterocycles. The molecule has 0 aromatic heterocycles. The summed E-state index contributed by atoms with van der Waals surface area (Å²) in [6.45, 7) is 2.51. The van der Waals surface area contributed by atoms with Crippen molar-refractivity contribution in [3.8, 4) is 0 Å². The van der Waals surface area contributed by atoms with E-state index in [4.69, 9.17) is 11.6 Å². The van der Waals surface area contributed by atoms with Crippen molar-refractivity contribution >= 4 is 45.0 Å². The van der Waals surface area contributed by atoms with Crippen molar-refractivity contribution in [3.63, 3.8) is 0 Å². The second-order valence-corrected chi connectivity index (χ2v) is 9.82. The van der Waals surface area contributed by atoms with E-state index in [2.05, 4.69) is 5.32 Å². The van der Waals surface area contributed by atoms with Crippen LogP contribution in [0.3, 0.4) is 0 Å². The van der Waals surface area contributed by atoms with Gasteiger partial charge in [0.05, 0.1) is 21.4 Å². The molecule has 1 aliphatic rings. The zero-order valence-corrected chi connectivity index (χ0v) is 17.3. The number of nitrogens with zero attached hydrogens (tertiary/aromatic N) is 1. The number of anilines is 1. The minimum atomic E-state index is -3.28. The average Bonchev–Trinajstić information content (AvgIpc) is 2.62. The predicted octanol–water partition coefficient (Wildman–Crippen LogP) is 4.44. The summed E-state index contributed by atoms with van der Waals surface area (Å²) in [5, 5.41) is 2.82. The van der Waals surface area contributed by atoms with Crippen molar-refractivity contribution in [2.24, 2.45) is 5.92 Å². The van der Waals surface area contributed by atoms with E-state index in [0.29, 0.717) is 32.4 Å². The lowest BCUT2D eigenvalue weighted by atomic mass is 9.97. The number of alkyl halides is 2. The van der Waals surface area contributed by atoms with Crippen LogP contribution in [0.4, 0.5) is 14.5 Å². The van der Waals surface area contributed by atoms with Crippen LogP contribution in [-0.4, -0.2) is 43.2 Å². The van der Waals surface area contributed by atoms with Crippen molar-refractivity contribution in [2.75, 3.05) is 24.2 Å². The van der Waals surface area contributed by atoms with E-state index in [1.165, 1.54) is 16.4 Å². The van der Waals surface area contributed by atoms with Crippen LogP contribution in [0.25, 0.3) is 0 Å². The Hall–Kier alpha value is -0.900. The molecule has 1 fully saturated rings. The number of hydrogen-bond acceptors (Lipinski definition) is 4. The molecule has 1 saturated heterocycles. The average molecular weight is 441 g/mol. The van der Waals surface area contributed by atoms with Gasteiger partial charge in [-0.1, -0.05) is 42.8 Å². The quantitative estimate of drug-likeness (QED) is 0.607. The van der Waals surface area contributed by atoms with E-state index in [0.717, 1.165) is 6.42 Å². The lowest BCUT2D eigenvalue weighted by Gasteiger charge is -2.30. The molecule has 0 atom stereocenters. The molecule has 0 radical (unpaired) electrons. The Balaban J connectivity index is 1.98. The van der Waals surface area contributed by atoms with E-state index < -0.39 is 15.8 Å². The van der Waals surface area contributed by atoms with Crippen molar-refractivity contribution in [2.45, 2.75) is 43.3 Å². The molecule has 0 spiro atoms. The van der Waals surface area contributed by atoms with E-state index in [1.54, 1.807) is 6.07 Å². The summed E-state index contributed by atoms with van der Waals surface area (Å²) < 4.78 is 51.4. The van der Waals surface area contributed by atoms with Crippen molar-refractivity contribution in [1.82, 2.24) is 4.31 Å². The van der Waals surface area contributed by atoms with Gasteiger partial charge in [-0.2, -0.15) is 8.78 Å². The molecule has 1 heterocycles. The third-order valence-corrected chi connectivity index (χ3v) is 7.64. The molecule has 1 aromatic carbocycles. The van der Waals surface area contributed by atoms with Gasteiger partial charge in [-0.3, -0.25) is 4.79 Å². The molecular formula is C17H23ClF2N2O3S2. The molecule has 0 saturated carbocycles. The van der Waals surface area contributed by atoms with Gasteiger partial charge in [0, 0.05) is 19.0 Å². The zero-order chi connectivity index (χ0) is 20.0. The summed E-state index contributed by atoms with van der Waals surface area (Å²) in [7, 11) is -3.28. The number of thioether (sulfide) groups is 1. The van der Waals surface area contributed by atoms with E-state index in [9.17, 15) is 22.0 Å². The van der Waals surface area contributed by atoms with Crippen LogP contribution in [0.15, 0.2) is 23.1 Å². The first kappa shape index (κ1) is 22.4. The van der Waals surface area contributed by atoms with Gasteiger partial charge >= 0.3 is 0 Å². The fraction of sp³-hybridized carbons (Fsp3) is 0.588. The lowest BCUT2D eigenvalue weighted by Crippen LogP contribution is -2.42. The van der Waals surface area contributed by atoms with Gasteiger partial charge in [0.2, 0.25) is 15.9 Å². The number of nitrogens with one attached hydrogen (secondary N) is 1.